The molecule has 4 aromatic rings. The number of aryl methyl sites for hydroxylation is 9. The number of halogens is 6. The first kappa shape index (κ1) is 122. The Kier molecular flexibility index (Phi) is 44.3. The molecule has 0 saturated heterocycles. The average Bonchev–Trinajstić information content (AvgIpc) is 0.758. The number of rotatable bonds is 30. The Bertz CT molecular complexity index is 6810. The molecular formula is C93H120F6N20O28. The fraction of sp³-hybridized carbons (Fsp3) is 0.484. The monoisotopic (exact) mass is 2080 g/mol. The number of fused-ring (bicyclic) bond motifs is 6. The Balaban J connectivity index is 0.000000322. The smallest absolute Gasteiger partial charge is 0.407 e. The van der Waals surface area contributed by atoms with E-state index >= 15 is 0 Å². The number of ether oxygens (including phenoxy) is 7. The number of hydrogen-bond donors (Lipinski definition) is 9. The molecule has 0 aliphatic carbocycles. The van der Waals surface area contributed by atoms with Gasteiger partial charge < -0.3 is 104 Å². The number of aromatic nitrogens is 12. The molecule has 48 nitrogen and oxygen atoms in total. The van der Waals surface area contributed by atoms with Crippen molar-refractivity contribution in [3.8, 4) is 40.3 Å². The summed E-state index contributed by atoms with van der Waals surface area (Å²) in [6, 6.07) is 11.0. The molecule has 0 saturated carbocycles. The number of nitrogens with zero attached hydrogens (tertiary/aromatic N) is 14. The first-order valence-electron chi connectivity index (χ1n) is 45.0. The van der Waals surface area contributed by atoms with Gasteiger partial charge in [-0.1, -0.05) is 0 Å². The van der Waals surface area contributed by atoms with Gasteiger partial charge in [0.2, 0.25) is 40.7 Å². The van der Waals surface area contributed by atoms with Crippen LogP contribution >= 0.6 is 0 Å². The molecule has 147 heavy (non-hydrogen) atoms. The lowest BCUT2D eigenvalue weighted by molar-refractivity contribution is -0.149. The van der Waals surface area contributed by atoms with E-state index in [0.29, 0.717) is 69.5 Å². The summed E-state index contributed by atoms with van der Waals surface area (Å²) in [6.45, 7) is 32.6. The number of carbonyl (C=O) groups excluding carboxylic acids is 9. The lowest BCUT2D eigenvalue weighted by atomic mass is 10.1. The minimum absolute atomic E-state index is 0.0199. The van der Waals surface area contributed by atoms with Gasteiger partial charge in [-0.05, 0) is 208 Å². The zero-order valence-corrected chi connectivity index (χ0v) is 85.3. The highest BCUT2D eigenvalue weighted by Gasteiger charge is 2.33. The van der Waals surface area contributed by atoms with Crippen LogP contribution < -0.4 is 70.4 Å². The first-order chi connectivity index (χ1) is 68.2. The predicted molar refractivity (Wildman–Crippen MR) is 515 cm³/mol. The molecule has 0 aromatic heterocycles. The van der Waals surface area contributed by atoms with Crippen LogP contribution in [0.4, 0.5) is 45.5 Å². The van der Waals surface area contributed by atoms with E-state index in [0.717, 1.165) is 48.7 Å². The summed E-state index contributed by atoms with van der Waals surface area (Å²) in [4.78, 5) is 239. The molecule has 0 bridgehead atoms. The lowest BCUT2D eigenvalue weighted by Crippen LogP contribution is -2.47. The summed E-state index contributed by atoms with van der Waals surface area (Å²) in [7, 11) is 4.92. The van der Waals surface area contributed by atoms with Crippen molar-refractivity contribution in [1.29, 1.82) is 0 Å². The van der Waals surface area contributed by atoms with Crippen LogP contribution in [0, 0.1) is 70.6 Å². The number of carboxylic acids is 3. The van der Waals surface area contributed by atoms with Crippen molar-refractivity contribution in [3.63, 3.8) is 0 Å². The molecule has 6 heterocycles. The number of esters is 3. The third-order valence-corrected chi connectivity index (χ3v) is 19.7. The van der Waals surface area contributed by atoms with Crippen molar-refractivity contribution >= 4 is 105 Å². The number of amides is 6. The summed E-state index contributed by atoms with van der Waals surface area (Å²) in [5, 5.41) is 41.1. The third-order valence-electron chi connectivity index (χ3n) is 19.7. The van der Waals surface area contributed by atoms with Crippen molar-refractivity contribution in [2.75, 3.05) is 98.4 Å². The van der Waals surface area contributed by atoms with Crippen molar-refractivity contribution in [1.82, 2.24) is 99.0 Å². The van der Waals surface area contributed by atoms with E-state index in [-0.39, 0.29) is 91.0 Å². The van der Waals surface area contributed by atoms with E-state index in [4.69, 9.17) is 43.7 Å². The second-order valence-corrected chi connectivity index (χ2v) is 36.2. The van der Waals surface area contributed by atoms with Crippen LogP contribution in [-0.4, -0.2) is 275 Å². The first-order valence-corrected chi connectivity index (χ1v) is 45.0. The van der Waals surface area contributed by atoms with E-state index in [1.165, 1.54) is 4.57 Å². The van der Waals surface area contributed by atoms with E-state index in [1.807, 2.05) is 65.8 Å². The molecule has 0 atom stereocenters. The largest absolute Gasteiger partial charge is 0.480 e. The van der Waals surface area contributed by atoms with Gasteiger partial charge in [-0.15, -0.1) is 0 Å². The molecular weight excluding hydrogens is 1960 g/mol. The summed E-state index contributed by atoms with van der Waals surface area (Å²) in [6.07, 6.45) is -2.34. The lowest BCUT2D eigenvalue weighted by Gasteiger charge is -2.23. The van der Waals surface area contributed by atoms with E-state index in [2.05, 4.69) is 66.5 Å². The third kappa shape index (κ3) is 37.0. The van der Waals surface area contributed by atoms with Gasteiger partial charge in [-0.2, -0.15) is 23.7 Å². The number of alkyl carbamates (subject to hydrolysis) is 4. The van der Waals surface area contributed by atoms with Crippen LogP contribution in [0.15, 0.2) is 65.2 Å². The Morgan fingerprint density at radius 2 is 0.673 bits per heavy atom. The van der Waals surface area contributed by atoms with Gasteiger partial charge >= 0.3 is 77.3 Å². The highest BCUT2D eigenvalue weighted by molar-refractivity contribution is 5.86. The van der Waals surface area contributed by atoms with Gasteiger partial charge in [-0.25, -0.2) is 84.6 Å². The van der Waals surface area contributed by atoms with Crippen molar-refractivity contribution in [2.24, 2.45) is 21.1 Å². The fourth-order valence-electron chi connectivity index (χ4n) is 12.6. The zero-order valence-electron chi connectivity index (χ0n) is 85.3. The maximum atomic E-state index is 13.8. The highest BCUT2D eigenvalue weighted by atomic mass is 19.2. The molecule has 9 N–H and O–H groups in total. The van der Waals surface area contributed by atoms with Crippen molar-refractivity contribution in [3.05, 3.63) is 161 Å². The van der Waals surface area contributed by atoms with Crippen LogP contribution in [0.3, 0.4) is 0 Å². The van der Waals surface area contributed by atoms with Crippen LogP contribution in [-0.2, 0) is 108 Å². The summed E-state index contributed by atoms with van der Waals surface area (Å²) in [5.74, 6) is -21.3. The van der Waals surface area contributed by atoms with Crippen molar-refractivity contribution in [2.45, 2.75) is 181 Å². The number of benzene rings is 4. The van der Waals surface area contributed by atoms with Crippen LogP contribution in [0.2, 0.25) is 0 Å². The molecule has 0 radical (unpaired) electrons. The Morgan fingerprint density at radius 3 is 0.993 bits per heavy atom. The molecule has 0 spiro atoms. The average molecular weight is 2080 g/mol. The maximum Gasteiger partial charge on any atom is 0.407 e. The van der Waals surface area contributed by atoms with Crippen LogP contribution in [0.5, 0.6) is 5.75 Å². The predicted octanol–water partition coefficient (Wildman–Crippen LogP) is 5.18. The van der Waals surface area contributed by atoms with E-state index < -0.39 is 196 Å². The maximum absolute atomic E-state index is 13.8. The number of carboxylic acid groups (broad SMARTS) is 3. The van der Waals surface area contributed by atoms with Crippen LogP contribution in [0.25, 0.3) is 67.7 Å². The Labute approximate surface area is 834 Å². The second-order valence-electron chi connectivity index (χ2n) is 36.2. The van der Waals surface area contributed by atoms with Gasteiger partial charge in [0.05, 0.1) is 59.4 Å². The second kappa shape index (κ2) is 53.6. The number of carbonyl (C=O) groups is 12. The topological polar surface area (TPSA) is 618 Å². The minimum Gasteiger partial charge on any atom is -0.480 e. The molecule has 6 aliphatic heterocycles. The summed E-state index contributed by atoms with van der Waals surface area (Å²) in [5.41, 5.74) is 0.998. The highest BCUT2D eigenvalue weighted by Crippen LogP contribution is 2.31. The van der Waals surface area contributed by atoms with Gasteiger partial charge in [0.15, 0.2) is 41.2 Å². The van der Waals surface area contributed by atoms with Crippen molar-refractivity contribution < 1.29 is 132 Å². The molecule has 0 fully saturated rings. The zero-order chi connectivity index (χ0) is 111. The molecule has 6 aliphatic rings. The SMILES string of the molecule is CC(C)(C)OC(=O)NCCN(CC(=O)O)C(=O)CF.CC(C)(C)OC(=O)NCCNCC(=O)O.CCOC(=O)CN(CCNC(=O)OC(C)(C)C)C(=O)Cn1c(=O)nc2n(C)c3cc(C)c(C)cc3nc-2c1=O.CCOC(=O)CNCCNC(=O)OC(C)(C)C.Cc1cc2nc3c(=O)n(CC(=O)O)c(=O)nc-3n(C)c2cc1C.Cc1cc2nc3c(=O)n(CC(=O)Oc4c(F)c(F)c(F)c(F)c4F)c(=O)nc-3n(C)c2cc1C. The molecule has 4 aromatic carbocycles. The summed E-state index contributed by atoms with van der Waals surface area (Å²) < 4.78 is 120. The number of nitrogens with one attached hydrogen (secondary N) is 6. The minimum atomic E-state index is -2.44. The quantitative estimate of drug-likeness (QED) is 0.00409. The normalized spacial score (nSPS) is 11.2. The molecule has 54 heteroatoms. The van der Waals surface area contributed by atoms with Gasteiger partial charge in [-0.3, -0.25) is 47.9 Å². The van der Waals surface area contributed by atoms with Gasteiger partial charge in [0.1, 0.15) is 55.1 Å². The van der Waals surface area contributed by atoms with E-state index in [1.54, 1.807) is 139 Å². The van der Waals surface area contributed by atoms with E-state index in [9.17, 15) is 113 Å². The Morgan fingerprint density at radius 1 is 0.367 bits per heavy atom. The van der Waals surface area contributed by atoms with Crippen LogP contribution in [0.1, 0.15) is 130 Å². The summed E-state index contributed by atoms with van der Waals surface area (Å²) >= 11 is 0. The number of hydrogen-bond acceptors (Lipinski definition) is 33. The van der Waals surface area contributed by atoms with Gasteiger partial charge in [0, 0.05) is 73.5 Å². The fourth-order valence-corrected chi connectivity index (χ4v) is 12.6. The number of aliphatic carboxylic acids is 3. The molecule has 6 amide bonds. The molecule has 10 rings (SSSR count). The molecule has 0 unspecified atom stereocenters. The number of alkyl halides is 1. The Hall–Kier alpha value is -15.9. The standard InChI is InChI=1S/C26H34N6O7.C21H13F5N4O4.C15H14N4O4.C11H19FN2O5.C11H22N2O4.C9H18N2O4/c1-8-38-20(34)14-31(10-9-27-25(37)39-26(4,5)6)19(33)13-32-23(35)21-22(29-24(32)36)30(7)18-12-16(3)15(2)11-17(18)28-21;1-7-4-9-10(5-8(7)2)29(3)19-17(27-9)20(32)30(21(33)28-19)6-11(31)34-18-15(25)13(23)12(22)14(24)16(18)26;1-7-4-9-10(5-8(7)2)18(3)13-12(16-9)14(22)19(6-11(20)21)15(23)17-13;1-11(2,3)19-10(18)13-4-5-14(7-9(16)17)8(15)6-12;1-5-16-9(14)8-12-6-7-13-10(15)17-11(2,3)4;1-9(2,3)15-8(14)11-5-4-10-6-7(12)13/h11-12H,8-10,13-14H2,1-7H3,(H,27,37);4-5H,6H2,1-3H3;4-5H,6H2,1-3H3,(H,20,21);4-7H2,1-3H3,(H,13,18)(H,16,17);12H,5-8H2,1-4H3,(H,13,15);10H,4-6H2,1-3H3,(H,11,14)(H,12,13). The molecule has 802 valence electrons. The van der Waals surface area contributed by atoms with Gasteiger partial charge in [0.25, 0.3) is 22.6 Å².